The maximum Gasteiger partial charge on any atom is 0.269 e. The zero-order valence-corrected chi connectivity index (χ0v) is 12.5. The van der Waals surface area contributed by atoms with Gasteiger partial charge in [-0.3, -0.25) is 9.10 Å². The molecule has 3 rings (SSSR count). The molecule has 0 saturated carbocycles. The van der Waals surface area contributed by atoms with Gasteiger partial charge in [-0.15, -0.1) is 11.3 Å². The lowest BCUT2D eigenvalue weighted by molar-refractivity contribution is 0.104. The summed E-state index contributed by atoms with van der Waals surface area (Å²) in [7, 11) is -2.45. The van der Waals surface area contributed by atoms with Gasteiger partial charge in [0.15, 0.2) is 4.91 Å². The molecule has 0 saturated heterocycles. The van der Waals surface area contributed by atoms with Crippen LogP contribution in [0.1, 0.15) is 9.67 Å². The van der Waals surface area contributed by atoms with E-state index in [9.17, 15) is 13.2 Å². The summed E-state index contributed by atoms with van der Waals surface area (Å²) in [6.45, 7) is 0. The number of nitrogens with one attached hydrogen (secondary N) is 1. The number of allylic oxidation sites excluding steroid dienone is 1. The van der Waals surface area contributed by atoms with Crippen molar-refractivity contribution in [2.75, 3.05) is 16.7 Å². The fourth-order valence-electron chi connectivity index (χ4n) is 1.87. The van der Waals surface area contributed by atoms with Crippen LogP contribution in [0, 0.1) is 0 Å². The van der Waals surface area contributed by atoms with Crippen molar-refractivity contribution < 1.29 is 13.2 Å². The van der Waals surface area contributed by atoms with E-state index in [4.69, 9.17) is 0 Å². The van der Waals surface area contributed by atoms with Gasteiger partial charge in [0.2, 0.25) is 11.7 Å². The van der Waals surface area contributed by atoms with Gasteiger partial charge < -0.3 is 5.32 Å². The minimum atomic E-state index is -3.87. The lowest BCUT2D eigenvalue weighted by atomic mass is 10.2. The van der Waals surface area contributed by atoms with Crippen molar-refractivity contribution in [2.45, 2.75) is 0 Å². The van der Waals surface area contributed by atoms with Crippen LogP contribution in [0.15, 0.2) is 41.0 Å². The molecule has 2 aromatic rings. The van der Waals surface area contributed by atoms with Gasteiger partial charge in [-0.1, -0.05) is 0 Å². The van der Waals surface area contributed by atoms with Gasteiger partial charge in [0.25, 0.3) is 10.0 Å². The molecule has 21 heavy (non-hydrogen) atoms. The third-order valence-corrected chi connectivity index (χ3v) is 5.63. The molecule has 0 unspecified atom stereocenters. The monoisotopic (exact) mass is 322 g/mol. The van der Waals surface area contributed by atoms with E-state index >= 15 is 0 Å². The maximum absolute atomic E-state index is 12.4. The number of carbonyl (C=O) groups is 1. The fourth-order valence-corrected chi connectivity index (χ4v) is 4.12. The number of Topliss-reactive ketones (excluding diaryl/α,β-unsaturated/α-hetero) is 1. The third kappa shape index (κ3) is 2.20. The van der Waals surface area contributed by atoms with Crippen LogP contribution in [-0.4, -0.2) is 31.2 Å². The summed E-state index contributed by atoms with van der Waals surface area (Å²) in [6.07, 6.45) is 4.15. The van der Waals surface area contributed by atoms with Crippen molar-refractivity contribution in [3.63, 3.8) is 0 Å². The molecule has 0 aromatic carbocycles. The molecular weight excluding hydrogens is 312 g/mol. The highest BCUT2D eigenvalue weighted by Crippen LogP contribution is 2.37. The quantitative estimate of drug-likeness (QED) is 0.841. The first-order valence-corrected chi connectivity index (χ1v) is 8.18. The number of hydrogen-bond acceptors (Lipinski definition) is 7. The second-order valence-electron chi connectivity index (χ2n) is 4.16. The van der Waals surface area contributed by atoms with Crippen molar-refractivity contribution in [2.24, 2.45) is 0 Å². The van der Waals surface area contributed by atoms with E-state index < -0.39 is 15.8 Å². The highest BCUT2D eigenvalue weighted by molar-refractivity contribution is 7.97. The topological polar surface area (TPSA) is 92.3 Å². The summed E-state index contributed by atoms with van der Waals surface area (Å²) in [5, 5.41) is 4.32. The molecule has 9 heteroatoms. The molecule has 0 radical (unpaired) electrons. The van der Waals surface area contributed by atoms with Crippen LogP contribution in [0.3, 0.4) is 0 Å². The molecule has 7 nitrogen and oxygen atoms in total. The molecule has 2 aromatic heterocycles. The minimum Gasteiger partial charge on any atom is -0.329 e. The summed E-state index contributed by atoms with van der Waals surface area (Å²) in [4.78, 5) is 20.2. The van der Waals surface area contributed by atoms with Crippen molar-refractivity contribution in [3.8, 4) is 0 Å². The average molecular weight is 322 g/mol. The molecule has 0 fully saturated rings. The molecule has 3 heterocycles. The molecule has 1 aliphatic heterocycles. The predicted molar refractivity (Wildman–Crippen MR) is 79.7 cm³/mol. The van der Waals surface area contributed by atoms with Crippen LogP contribution in [0.5, 0.6) is 0 Å². The Labute approximate surface area is 125 Å². The molecule has 1 aliphatic rings. The summed E-state index contributed by atoms with van der Waals surface area (Å²) in [5.74, 6) is -0.311. The zero-order valence-electron chi connectivity index (χ0n) is 10.8. The first-order valence-electron chi connectivity index (χ1n) is 5.86. The van der Waals surface area contributed by atoms with Crippen molar-refractivity contribution in [3.05, 3.63) is 45.9 Å². The zero-order chi connectivity index (χ0) is 15.0. The number of aromatic nitrogens is 2. The third-order valence-electron chi connectivity index (χ3n) is 2.95. The Hall–Kier alpha value is -2.26. The number of hydrogen-bond donors (Lipinski definition) is 1. The predicted octanol–water partition coefficient (Wildman–Crippen LogP) is 1.45. The van der Waals surface area contributed by atoms with Crippen LogP contribution in [-0.2, 0) is 10.0 Å². The molecule has 0 atom stereocenters. The van der Waals surface area contributed by atoms with E-state index in [1.165, 1.54) is 30.8 Å². The molecule has 0 aliphatic carbocycles. The van der Waals surface area contributed by atoms with Crippen LogP contribution >= 0.6 is 11.3 Å². The van der Waals surface area contributed by atoms with Gasteiger partial charge in [-0.05, 0) is 17.5 Å². The Kier molecular flexibility index (Phi) is 3.22. The lowest BCUT2D eigenvalue weighted by Gasteiger charge is -2.25. The minimum absolute atomic E-state index is 0.215. The number of carbonyl (C=O) groups excluding carboxylic acids is 1. The van der Waals surface area contributed by atoms with Crippen molar-refractivity contribution in [1.82, 2.24) is 9.97 Å². The second kappa shape index (κ2) is 4.93. The van der Waals surface area contributed by atoms with E-state index in [1.807, 2.05) is 0 Å². The summed E-state index contributed by atoms with van der Waals surface area (Å²) < 4.78 is 25.8. The van der Waals surface area contributed by atoms with Crippen molar-refractivity contribution >= 4 is 38.8 Å². The fraction of sp³-hybridized carbons (Fsp3) is 0.0833. The van der Waals surface area contributed by atoms with E-state index in [-0.39, 0.29) is 10.9 Å². The summed E-state index contributed by atoms with van der Waals surface area (Å²) >= 11 is 1.21. The Morgan fingerprint density at radius 2 is 2.05 bits per heavy atom. The Balaban J connectivity index is 2.04. The van der Waals surface area contributed by atoms with E-state index in [1.54, 1.807) is 17.5 Å². The standard InChI is InChI=1S/C12H10N4O3S2/c1-16-8-3-6-20-11(8)10(17)9(21(16,18)19)7-15-12-13-4-2-5-14-12/h2-7H,1H3,(H,13,14,15)/b9-7+. The van der Waals surface area contributed by atoms with Gasteiger partial charge in [0, 0.05) is 25.6 Å². The average Bonchev–Trinajstić information content (AvgIpc) is 2.95. The van der Waals surface area contributed by atoms with E-state index in [0.29, 0.717) is 10.6 Å². The van der Waals surface area contributed by atoms with Crippen molar-refractivity contribution in [1.29, 1.82) is 0 Å². The Morgan fingerprint density at radius 1 is 1.33 bits per heavy atom. The van der Waals surface area contributed by atoms with Crippen LogP contribution < -0.4 is 9.62 Å². The highest BCUT2D eigenvalue weighted by Gasteiger charge is 2.39. The first kappa shape index (κ1) is 13.7. The second-order valence-corrected chi connectivity index (χ2v) is 7.02. The van der Waals surface area contributed by atoms with Gasteiger partial charge in [-0.2, -0.15) is 0 Å². The number of sulfonamides is 1. The SMILES string of the molecule is CN1c2ccsc2C(=O)/C(=C\Nc2ncccn2)S1(=O)=O. The van der Waals surface area contributed by atoms with Crippen LogP contribution in [0.25, 0.3) is 0 Å². The molecule has 1 N–H and O–H groups in total. The molecular formula is C12H10N4O3S2. The molecule has 108 valence electrons. The van der Waals surface area contributed by atoms with Gasteiger partial charge >= 0.3 is 0 Å². The number of fused-ring (bicyclic) bond motifs is 1. The largest absolute Gasteiger partial charge is 0.329 e. The Bertz CT molecular complexity index is 827. The van der Waals surface area contributed by atoms with Gasteiger partial charge in [0.1, 0.15) is 4.88 Å². The molecule has 0 amide bonds. The van der Waals surface area contributed by atoms with Crippen LogP contribution in [0.2, 0.25) is 0 Å². The summed E-state index contributed by atoms with van der Waals surface area (Å²) in [6, 6.07) is 3.24. The van der Waals surface area contributed by atoms with E-state index in [0.717, 1.165) is 10.5 Å². The summed E-state index contributed by atoms with van der Waals surface area (Å²) in [5.41, 5.74) is 0.401. The number of thiophene rings is 1. The molecule has 0 spiro atoms. The van der Waals surface area contributed by atoms with E-state index in [2.05, 4.69) is 15.3 Å². The van der Waals surface area contributed by atoms with Gasteiger partial charge in [0.05, 0.1) is 5.69 Å². The number of anilines is 2. The Morgan fingerprint density at radius 3 is 2.76 bits per heavy atom. The first-order chi connectivity index (χ1) is 10.0. The normalized spacial score (nSPS) is 18.6. The number of rotatable bonds is 2. The highest BCUT2D eigenvalue weighted by atomic mass is 32.2. The maximum atomic E-state index is 12.4. The van der Waals surface area contributed by atoms with Crippen LogP contribution in [0.4, 0.5) is 11.6 Å². The van der Waals surface area contributed by atoms with Gasteiger partial charge in [-0.25, -0.2) is 18.4 Å². The smallest absolute Gasteiger partial charge is 0.269 e. The molecule has 0 bridgehead atoms. The lowest BCUT2D eigenvalue weighted by Crippen LogP contribution is -2.35. The number of nitrogens with zero attached hydrogens (tertiary/aromatic N) is 3. The number of ketones is 1.